The third-order valence-corrected chi connectivity index (χ3v) is 4.73. The summed E-state index contributed by atoms with van der Waals surface area (Å²) in [7, 11) is 1.63. The first-order valence-electron chi connectivity index (χ1n) is 8.53. The monoisotopic (exact) mass is 339 g/mol. The molecule has 0 radical (unpaired) electrons. The molecule has 0 saturated carbocycles. The lowest BCUT2D eigenvalue weighted by molar-refractivity contribution is -0.145. The van der Waals surface area contributed by atoms with Crippen LogP contribution in [0.2, 0.25) is 0 Å². The molecule has 1 fully saturated rings. The largest absolute Gasteiger partial charge is 0.497 e. The van der Waals surface area contributed by atoms with Gasteiger partial charge in [0.1, 0.15) is 30.0 Å². The van der Waals surface area contributed by atoms with Crippen LogP contribution in [0.15, 0.2) is 48.5 Å². The summed E-state index contributed by atoms with van der Waals surface area (Å²) < 4.78 is 16.8. The highest BCUT2D eigenvalue weighted by molar-refractivity contribution is 5.80. The topological polar surface area (TPSA) is 48.0 Å². The number of likely N-dealkylation sites (tertiary alicyclic amines) is 1. The SMILES string of the molecule is COc1cccc(OC2CN(C(=O)[C@H]3COc4ccccc4C3)C2)c1. The van der Waals surface area contributed by atoms with Crippen LogP contribution in [-0.4, -0.2) is 43.7 Å². The van der Waals surface area contributed by atoms with Crippen molar-refractivity contribution in [1.29, 1.82) is 0 Å². The number of carbonyl (C=O) groups is 1. The molecule has 0 unspecified atom stereocenters. The Balaban J connectivity index is 1.31. The number of hydrogen-bond donors (Lipinski definition) is 0. The minimum Gasteiger partial charge on any atom is -0.497 e. The van der Waals surface area contributed by atoms with Gasteiger partial charge in [-0.15, -0.1) is 0 Å². The fourth-order valence-electron chi connectivity index (χ4n) is 3.30. The number of carbonyl (C=O) groups excluding carboxylic acids is 1. The zero-order valence-electron chi connectivity index (χ0n) is 14.2. The first-order chi connectivity index (χ1) is 12.2. The highest BCUT2D eigenvalue weighted by atomic mass is 16.5. The van der Waals surface area contributed by atoms with Crippen molar-refractivity contribution in [2.75, 3.05) is 26.8 Å². The number of para-hydroxylation sites is 1. The van der Waals surface area contributed by atoms with E-state index in [0.717, 1.165) is 29.2 Å². The number of rotatable bonds is 4. The number of benzene rings is 2. The van der Waals surface area contributed by atoms with Gasteiger partial charge in [0.25, 0.3) is 0 Å². The molecule has 2 aromatic carbocycles. The normalized spacial score (nSPS) is 19.4. The van der Waals surface area contributed by atoms with Gasteiger partial charge >= 0.3 is 0 Å². The van der Waals surface area contributed by atoms with E-state index in [4.69, 9.17) is 14.2 Å². The maximum absolute atomic E-state index is 12.7. The van der Waals surface area contributed by atoms with Crippen molar-refractivity contribution >= 4 is 5.91 Å². The van der Waals surface area contributed by atoms with Crippen LogP contribution in [0.25, 0.3) is 0 Å². The molecule has 25 heavy (non-hydrogen) atoms. The summed E-state index contributed by atoms with van der Waals surface area (Å²) in [6, 6.07) is 15.5. The van der Waals surface area contributed by atoms with Gasteiger partial charge in [-0.1, -0.05) is 24.3 Å². The molecule has 0 aromatic heterocycles. The van der Waals surface area contributed by atoms with E-state index in [1.54, 1.807) is 7.11 Å². The van der Waals surface area contributed by atoms with E-state index in [1.165, 1.54) is 0 Å². The van der Waals surface area contributed by atoms with Gasteiger partial charge in [-0.2, -0.15) is 0 Å². The number of hydrogen-bond acceptors (Lipinski definition) is 4. The first-order valence-corrected chi connectivity index (χ1v) is 8.53. The van der Waals surface area contributed by atoms with E-state index in [-0.39, 0.29) is 17.9 Å². The molecule has 2 aromatic rings. The van der Waals surface area contributed by atoms with Crippen LogP contribution >= 0.6 is 0 Å². The molecule has 1 amide bonds. The van der Waals surface area contributed by atoms with Gasteiger partial charge in [-0.3, -0.25) is 4.79 Å². The molecule has 0 N–H and O–H groups in total. The summed E-state index contributed by atoms with van der Waals surface area (Å²) in [6.45, 7) is 1.69. The fraction of sp³-hybridized carbons (Fsp3) is 0.350. The van der Waals surface area contributed by atoms with Gasteiger partial charge in [-0.05, 0) is 30.2 Å². The molecule has 2 heterocycles. The smallest absolute Gasteiger partial charge is 0.229 e. The second-order valence-electron chi connectivity index (χ2n) is 6.48. The van der Waals surface area contributed by atoms with Crippen LogP contribution in [-0.2, 0) is 11.2 Å². The molecule has 5 heteroatoms. The molecule has 4 rings (SSSR count). The maximum atomic E-state index is 12.7. The van der Waals surface area contributed by atoms with Crippen molar-refractivity contribution in [3.8, 4) is 17.2 Å². The quantitative estimate of drug-likeness (QED) is 0.859. The van der Waals surface area contributed by atoms with Gasteiger partial charge in [0, 0.05) is 6.07 Å². The Morgan fingerprint density at radius 1 is 1.12 bits per heavy atom. The highest BCUT2D eigenvalue weighted by Crippen LogP contribution is 2.29. The van der Waals surface area contributed by atoms with Crippen LogP contribution in [0, 0.1) is 5.92 Å². The predicted molar refractivity (Wildman–Crippen MR) is 93.1 cm³/mol. The Kier molecular flexibility index (Phi) is 4.22. The van der Waals surface area contributed by atoms with E-state index in [0.29, 0.717) is 19.7 Å². The van der Waals surface area contributed by atoms with Crippen molar-refractivity contribution < 1.29 is 19.0 Å². The minimum absolute atomic E-state index is 0.0350. The van der Waals surface area contributed by atoms with Crippen molar-refractivity contribution in [2.45, 2.75) is 12.5 Å². The Bertz CT molecular complexity index is 770. The van der Waals surface area contributed by atoms with E-state index < -0.39 is 0 Å². The Morgan fingerprint density at radius 3 is 2.76 bits per heavy atom. The molecule has 0 aliphatic carbocycles. The minimum atomic E-state index is -0.104. The Labute approximate surface area is 147 Å². The van der Waals surface area contributed by atoms with Crippen molar-refractivity contribution in [2.24, 2.45) is 5.92 Å². The van der Waals surface area contributed by atoms with E-state index in [2.05, 4.69) is 0 Å². The van der Waals surface area contributed by atoms with Crippen molar-refractivity contribution in [3.05, 3.63) is 54.1 Å². The second kappa shape index (κ2) is 6.67. The molecule has 0 spiro atoms. The van der Waals surface area contributed by atoms with Crippen LogP contribution in [0.4, 0.5) is 0 Å². The molecular weight excluding hydrogens is 318 g/mol. The number of fused-ring (bicyclic) bond motifs is 1. The van der Waals surface area contributed by atoms with Gasteiger partial charge < -0.3 is 19.1 Å². The van der Waals surface area contributed by atoms with Gasteiger partial charge in [0.2, 0.25) is 5.91 Å². The summed E-state index contributed by atoms with van der Waals surface area (Å²) >= 11 is 0. The molecule has 2 aliphatic heterocycles. The van der Waals surface area contributed by atoms with Crippen LogP contribution in [0.3, 0.4) is 0 Å². The lowest BCUT2D eigenvalue weighted by Crippen LogP contribution is -2.58. The van der Waals surface area contributed by atoms with Gasteiger partial charge in [0.15, 0.2) is 0 Å². The predicted octanol–water partition coefficient (Wildman–Crippen LogP) is 2.54. The average molecular weight is 339 g/mol. The number of amides is 1. The number of nitrogens with zero attached hydrogens (tertiary/aromatic N) is 1. The molecular formula is C20H21NO4. The standard InChI is InChI=1S/C20H21NO4/c1-23-16-6-4-7-17(10-16)25-18-11-21(12-18)20(22)15-9-14-5-2-3-8-19(14)24-13-15/h2-8,10,15,18H,9,11-13H2,1H3/t15-/m1/s1. The molecule has 1 saturated heterocycles. The molecule has 2 aliphatic rings. The summed E-state index contributed by atoms with van der Waals surface area (Å²) in [6.07, 6.45) is 0.778. The van der Waals surface area contributed by atoms with Crippen LogP contribution in [0.1, 0.15) is 5.56 Å². The van der Waals surface area contributed by atoms with Crippen LogP contribution in [0.5, 0.6) is 17.2 Å². The van der Waals surface area contributed by atoms with E-state index >= 15 is 0 Å². The first kappa shape index (κ1) is 15.8. The molecule has 130 valence electrons. The van der Waals surface area contributed by atoms with E-state index in [9.17, 15) is 4.79 Å². The zero-order valence-corrected chi connectivity index (χ0v) is 14.2. The third kappa shape index (κ3) is 3.27. The zero-order chi connectivity index (χ0) is 17.2. The van der Waals surface area contributed by atoms with Crippen molar-refractivity contribution in [3.63, 3.8) is 0 Å². The molecule has 0 bridgehead atoms. The van der Waals surface area contributed by atoms with E-state index in [1.807, 2.05) is 53.4 Å². The van der Waals surface area contributed by atoms with Gasteiger partial charge in [-0.25, -0.2) is 0 Å². The van der Waals surface area contributed by atoms with Crippen molar-refractivity contribution in [1.82, 2.24) is 4.90 Å². The lowest BCUT2D eigenvalue weighted by atomic mass is 9.94. The third-order valence-electron chi connectivity index (χ3n) is 4.73. The summed E-state index contributed by atoms with van der Waals surface area (Å²) in [4.78, 5) is 14.5. The molecule has 1 atom stereocenters. The van der Waals surface area contributed by atoms with Gasteiger partial charge in [0.05, 0.1) is 26.1 Å². The number of ether oxygens (including phenoxy) is 3. The number of methoxy groups -OCH3 is 1. The van der Waals surface area contributed by atoms with Crippen LogP contribution < -0.4 is 14.2 Å². The highest BCUT2D eigenvalue weighted by Gasteiger charge is 2.37. The lowest BCUT2D eigenvalue weighted by Gasteiger charge is -2.41. The summed E-state index contributed by atoms with van der Waals surface area (Å²) in [5.41, 5.74) is 1.11. The average Bonchev–Trinajstić information content (AvgIpc) is 2.63. The second-order valence-corrected chi connectivity index (χ2v) is 6.48. The fourth-order valence-corrected chi connectivity index (χ4v) is 3.30. The maximum Gasteiger partial charge on any atom is 0.229 e. The summed E-state index contributed by atoms with van der Waals surface area (Å²) in [5, 5.41) is 0. The Morgan fingerprint density at radius 2 is 1.92 bits per heavy atom. The molecule has 5 nitrogen and oxygen atoms in total. The summed E-state index contributed by atoms with van der Waals surface area (Å²) in [5.74, 6) is 2.48. The Hall–Kier alpha value is -2.69.